The first kappa shape index (κ1) is 35.5. The van der Waals surface area contributed by atoms with Crippen LogP contribution in [0, 0.1) is 13.8 Å². The summed E-state index contributed by atoms with van der Waals surface area (Å²) >= 11 is 0. The number of aromatic nitrogens is 4. The molecule has 2 heterocycles. The number of halogens is 6. The van der Waals surface area contributed by atoms with Gasteiger partial charge < -0.3 is 9.13 Å². The van der Waals surface area contributed by atoms with Gasteiger partial charge in [-0.25, -0.2) is 9.97 Å². The number of rotatable bonds is 8. The van der Waals surface area contributed by atoms with Crippen LogP contribution in [0.15, 0.2) is 109 Å². The molecule has 0 saturated carbocycles. The Kier molecular flexibility index (Phi) is 10.5. The molecule has 0 radical (unpaired) electrons. The number of hydrogen-bond acceptors (Lipinski definition) is 4. The summed E-state index contributed by atoms with van der Waals surface area (Å²) in [5.41, 5.74) is 3.51. The summed E-state index contributed by atoms with van der Waals surface area (Å²) in [5.74, 6) is 0.939. The van der Waals surface area contributed by atoms with Gasteiger partial charge in [0.05, 0.1) is 16.8 Å². The van der Waals surface area contributed by atoms with Gasteiger partial charge in [-0.1, -0.05) is 84.9 Å². The van der Waals surface area contributed by atoms with E-state index < -0.39 is 23.5 Å². The van der Waals surface area contributed by atoms with Crippen molar-refractivity contribution >= 4 is 12.6 Å². The van der Waals surface area contributed by atoms with Gasteiger partial charge in [0, 0.05) is 29.9 Å². The Morgan fingerprint density at radius 3 is 1.38 bits per heavy atom. The Morgan fingerprint density at radius 2 is 0.980 bits per heavy atom. The minimum absolute atomic E-state index is 0.283. The third-order valence-electron chi connectivity index (χ3n) is 7.98. The molecule has 0 aliphatic heterocycles. The summed E-state index contributed by atoms with van der Waals surface area (Å²) in [6.45, 7) is 4.36. The van der Waals surface area contributed by atoms with Crippen LogP contribution in [0.25, 0.3) is 22.8 Å². The summed E-state index contributed by atoms with van der Waals surface area (Å²) in [6.07, 6.45) is -7.40. The number of benzene rings is 4. The molecule has 0 spiro atoms. The molecule has 256 valence electrons. The summed E-state index contributed by atoms with van der Waals surface area (Å²) in [7, 11) is 0. The highest BCUT2D eigenvalue weighted by atomic mass is 19.4. The predicted octanol–water partition coefficient (Wildman–Crippen LogP) is 9.48. The number of carbonyl (C=O) groups is 2. The lowest BCUT2D eigenvalue weighted by molar-refractivity contribution is -0.138. The molecule has 2 aromatic heterocycles. The van der Waals surface area contributed by atoms with Crippen molar-refractivity contribution in [3.63, 3.8) is 0 Å². The van der Waals surface area contributed by atoms with Crippen LogP contribution in [0.3, 0.4) is 0 Å². The van der Waals surface area contributed by atoms with Crippen LogP contribution in [0.2, 0.25) is 0 Å². The maximum atomic E-state index is 12.7. The number of hydrogen-bond donors (Lipinski definition) is 0. The zero-order valence-corrected chi connectivity index (χ0v) is 26.8. The molecule has 0 saturated heterocycles. The Labute approximate surface area is 283 Å². The number of alkyl halides is 6. The highest BCUT2D eigenvalue weighted by molar-refractivity contribution is 5.77. The molecule has 4 aromatic carbocycles. The molecule has 0 aliphatic carbocycles. The average Bonchev–Trinajstić information content (AvgIpc) is 3.59. The maximum absolute atomic E-state index is 12.7. The maximum Gasteiger partial charge on any atom is 0.416 e. The van der Waals surface area contributed by atoms with Gasteiger partial charge in [0.1, 0.15) is 23.0 Å². The van der Waals surface area contributed by atoms with Crippen LogP contribution in [0.1, 0.15) is 54.6 Å². The average molecular weight is 689 g/mol. The lowest BCUT2D eigenvalue weighted by atomic mass is 10.1. The fourth-order valence-electron chi connectivity index (χ4n) is 5.34. The van der Waals surface area contributed by atoms with Crippen molar-refractivity contribution in [3.05, 3.63) is 154 Å². The Bertz CT molecular complexity index is 2010. The Morgan fingerprint density at radius 1 is 0.560 bits per heavy atom. The van der Waals surface area contributed by atoms with Crippen molar-refractivity contribution in [2.24, 2.45) is 0 Å². The predicted molar refractivity (Wildman–Crippen MR) is 177 cm³/mol. The van der Waals surface area contributed by atoms with E-state index in [-0.39, 0.29) is 5.69 Å². The van der Waals surface area contributed by atoms with Crippen LogP contribution < -0.4 is 0 Å². The largest absolute Gasteiger partial charge is 0.416 e. The topological polar surface area (TPSA) is 69.8 Å². The monoisotopic (exact) mass is 688 g/mol. The van der Waals surface area contributed by atoms with E-state index in [1.807, 2.05) is 65.2 Å². The third-order valence-corrected chi connectivity index (χ3v) is 7.98. The quantitative estimate of drug-likeness (QED) is 0.118. The fourth-order valence-corrected chi connectivity index (χ4v) is 5.34. The zero-order chi connectivity index (χ0) is 36.1. The molecular weight excluding hydrogens is 658 g/mol. The molecule has 6 nitrogen and oxygen atoms in total. The summed E-state index contributed by atoms with van der Waals surface area (Å²) < 4.78 is 80.0. The van der Waals surface area contributed by atoms with E-state index in [0.29, 0.717) is 59.2 Å². The van der Waals surface area contributed by atoms with E-state index in [4.69, 9.17) is 0 Å². The van der Waals surface area contributed by atoms with E-state index in [1.54, 1.807) is 18.4 Å². The molecule has 6 aromatic rings. The van der Waals surface area contributed by atoms with E-state index in [0.717, 1.165) is 41.7 Å². The third kappa shape index (κ3) is 8.08. The molecule has 0 N–H and O–H groups in total. The van der Waals surface area contributed by atoms with Gasteiger partial charge in [-0.05, 0) is 49.2 Å². The molecule has 0 atom stereocenters. The first-order valence-corrected chi connectivity index (χ1v) is 15.3. The molecule has 12 heteroatoms. The summed E-state index contributed by atoms with van der Waals surface area (Å²) in [6, 6.07) is 28.7. The zero-order valence-electron chi connectivity index (χ0n) is 26.8. The van der Waals surface area contributed by atoms with Crippen LogP contribution in [0.5, 0.6) is 0 Å². The van der Waals surface area contributed by atoms with E-state index in [2.05, 4.69) is 9.97 Å². The molecule has 0 unspecified atom stereocenters. The second-order valence-electron chi connectivity index (χ2n) is 11.3. The van der Waals surface area contributed by atoms with Gasteiger partial charge in [0.25, 0.3) is 0 Å². The van der Waals surface area contributed by atoms with E-state index in [9.17, 15) is 35.9 Å². The Hall–Kier alpha value is -5.78. The van der Waals surface area contributed by atoms with Gasteiger partial charge in [-0.3, -0.25) is 9.59 Å². The van der Waals surface area contributed by atoms with Crippen molar-refractivity contribution in [1.82, 2.24) is 19.1 Å². The minimum atomic E-state index is -4.39. The first-order chi connectivity index (χ1) is 23.8. The molecule has 0 amide bonds. The number of imidazole rings is 2. The van der Waals surface area contributed by atoms with Crippen molar-refractivity contribution < 1.29 is 35.9 Å². The van der Waals surface area contributed by atoms with Crippen molar-refractivity contribution in [1.29, 1.82) is 0 Å². The number of nitrogens with zero attached hydrogens (tertiary/aromatic N) is 4. The van der Waals surface area contributed by atoms with Crippen LogP contribution >= 0.6 is 0 Å². The fraction of sp³-hybridized carbons (Fsp3) is 0.158. The standard InChI is InChI=1S/2C19H15F3N2O/c1-13-17(12-25)23-18(24(13)11-14-5-3-2-4-6-14)15-7-9-16(10-8-15)19(20,21)22;1-13-17(12-25)24(11-14-5-3-2-4-6-14)18(23-13)15-7-9-16(10-8-15)19(20,21)22/h2*2-10,12H,11H2,1H3. The second-order valence-corrected chi connectivity index (χ2v) is 11.3. The second kappa shape index (κ2) is 14.8. The van der Waals surface area contributed by atoms with Gasteiger partial charge >= 0.3 is 12.4 Å². The Balaban J connectivity index is 0.000000194. The summed E-state index contributed by atoms with van der Waals surface area (Å²) in [4.78, 5) is 31.4. The van der Waals surface area contributed by atoms with Crippen LogP contribution in [-0.4, -0.2) is 31.7 Å². The van der Waals surface area contributed by atoms with Gasteiger partial charge in [-0.15, -0.1) is 0 Å². The van der Waals surface area contributed by atoms with Gasteiger partial charge in [-0.2, -0.15) is 26.3 Å². The SMILES string of the molecule is Cc1c(C=O)nc(-c2ccc(C(F)(F)F)cc2)n1Cc1ccccc1.Cc1nc(-c2ccc(C(F)(F)F)cc2)n(Cc2ccccc2)c1C=O. The smallest absolute Gasteiger partial charge is 0.323 e. The van der Waals surface area contributed by atoms with E-state index >= 15 is 0 Å². The normalized spacial score (nSPS) is 11.5. The highest BCUT2D eigenvalue weighted by Gasteiger charge is 2.31. The highest BCUT2D eigenvalue weighted by Crippen LogP contribution is 2.33. The molecule has 50 heavy (non-hydrogen) atoms. The number of carbonyl (C=O) groups excluding carboxylic acids is 2. The van der Waals surface area contributed by atoms with Gasteiger partial charge in [0.15, 0.2) is 12.6 Å². The first-order valence-electron chi connectivity index (χ1n) is 15.3. The minimum Gasteiger partial charge on any atom is -0.323 e. The lowest BCUT2D eigenvalue weighted by Crippen LogP contribution is -2.07. The summed E-state index contributed by atoms with van der Waals surface area (Å²) in [5, 5.41) is 0. The van der Waals surface area contributed by atoms with Crippen molar-refractivity contribution in [2.45, 2.75) is 39.3 Å². The van der Waals surface area contributed by atoms with Crippen LogP contribution in [-0.2, 0) is 25.4 Å². The van der Waals surface area contributed by atoms with Crippen molar-refractivity contribution in [3.8, 4) is 22.8 Å². The number of aldehydes is 2. The van der Waals surface area contributed by atoms with Crippen molar-refractivity contribution in [2.75, 3.05) is 0 Å². The molecule has 0 aliphatic rings. The molecule has 6 rings (SSSR count). The van der Waals surface area contributed by atoms with Gasteiger partial charge in [0.2, 0.25) is 0 Å². The van der Waals surface area contributed by atoms with Crippen LogP contribution in [0.4, 0.5) is 26.3 Å². The van der Waals surface area contributed by atoms with E-state index in [1.165, 1.54) is 24.3 Å². The number of aryl methyl sites for hydroxylation is 1. The lowest BCUT2D eigenvalue weighted by Gasteiger charge is -2.11. The molecule has 0 fully saturated rings. The molecular formula is C38H30F6N4O2. The molecule has 0 bridgehead atoms.